The second-order valence-electron chi connectivity index (χ2n) is 7.72. The van der Waals surface area contributed by atoms with E-state index in [1.54, 1.807) is 12.3 Å². The minimum Gasteiger partial charge on any atom is -0.465 e. The van der Waals surface area contributed by atoms with Gasteiger partial charge in [0.1, 0.15) is 5.82 Å². The highest BCUT2D eigenvalue weighted by atomic mass is 16.4. The van der Waals surface area contributed by atoms with Crippen LogP contribution in [0.5, 0.6) is 0 Å². The average Bonchev–Trinajstić information content (AvgIpc) is 2.83. The van der Waals surface area contributed by atoms with Gasteiger partial charge in [-0.25, -0.2) is 9.78 Å². The van der Waals surface area contributed by atoms with Crippen molar-refractivity contribution in [1.82, 2.24) is 15.2 Å². The Labute approximate surface area is 194 Å². The van der Waals surface area contributed by atoms with Gasteiger partial charge in [0, 0.05) is 45.3 Å². The van der Waals surface area contributed by atoms with Crippen LogP contribution in [0.25, 0.3) is 0 Å². The third kappa shape index (κ3) is 9.18. The number of benzene rings is 1. The Morgan fingerprint density at radius 2 is 1.76 bits per heavy atom. The summed E-state index contributed by atoms with van der Waals surface area (Å²) in [6.45, 7) is 4.66. The van der Waals surface area contributed by atoms with Crippen LogP contribution in [0.3, 0.4) is 0 Å². The fourth-order valence-corrected chi connectivity index (χ4v) is 3.32. The first-order valence-corrected chi connectivity index (χ1v) is 11.2. The summed E-state index contributed by atoms with van der Waals surface area (Å²) in [5.41, 5.74) is 6.56. The molecule has 0 spiro atoms. The van der Waals surface area contributed by atoms with Gasteiger partial charge in [0.25, 0.3) is 5.91 Å². The van der Waals surface area contributed by atoms with Gasteiger partial charge in [0.2, 0.25) is 5.91 Å². The minimum atomic E-state index is -0.887. The monoisotopic (exact) mass is 455 g/mol. The summed E-state index contributed by atoms with van der Waals surface area (Å²) < 4.78 is 0. The molecule has 4 N–H and O–H groups in total. The molecule has 1 saturated heterocycles. The van der Waals surface area contributed by atoms with Gasteiger partial charge in [-0.3, -0.25) is 9.59 Å². The molecule has 33 heavy (non-hydrogen) atoms. The highest BCUT2D eigenvalue weighted by Gasteiger charge is 2.21. The number of hydrogen-bond donors (Lipinski definition) is 3. The number of anilines is 1. The van der Waals surface area contributed by atoms with Crippen molar-refractivity contribution in [3.05, 3.63) is 59.8 Å². The van der Waals surface area contributed by atoms with E-state index in [4.69, 9.17) is 10.8 Å². The molecule has 2 heterocycles. The lowest BCUT2D eigenvalue weighted by Crippen LogP contribution is -2.48. The zero-order valence-electron chi connectivity index (χ0n) is 19.1. The lowest BCUT2D eigenvalue weighted by atomic mass is 10.1. The Morgan fingerprint density at radius 1 is 1.06 bits per heavy atom. The molecule has 1 fully saturated rings. The van der Waals surface area contributed by atoms with Crippen molar-refractivity contribution >= 4 is 23.7 Å². The number of nitrogens with two attached hydrogens (primary N) is 1. The molecule has 1 aliphatic heterocycles. The van der Waals surface area contributed by atoms with Gasteiger partial charge in [-0.2, -0.15) is 0 Å². The van der Waals surface area contributed by atoms with E-state index in [0.29, 0.717) is 44.7 Å². The van der Waals surface area contributed by atoms with Crippen LogP contribution in [0.4, 0.5) is 10.6 Å². The maximum atomic E-state index is 12.2. The number of carbonyl (C=O) groups excluding carboxylic acids is 2. The third-order valence-electron chi connectivity index (χ3n) is 5.15. The fraction of sp³-hybridized carbons (Fsp3) is 0.417. The molecule has 1 aromatic heterocycles. The molecule has 1 aliphatic rings. The lowest BCUT2D eigenvalue weighted by Gasteiger charge is -2.33. The average molecular weight is 456 g/mol. The molecule has 0 aliphatic carbocycles. The summed E-state index contributed by atoms with van der Waals surface area (Å²) in [6, 6.07) is 13.8. The summed E-state index contributed by atoms with van der Waals surface area (Å²) in [4.78, 5) is 40.8. The number of carbonyl (C=O) groups is 3. The molecule has 1 aromatic carbocycles. The highest BCUT2D eigenvalue weighted by molar-refractivity contribution is 5.94. The number of rotatable bonds is 8. The molecule has 9 nitrogen and oxygen atoms in total. The zero-order valence-corrected chi connectivity index (χ0v) is 19.1. The van der Waals surface area contributed by atoms with Crippen LogP contribution in [-0.4, -0.2) is 65.6 Å². The van der Waals surface area contributed by atoms with Crippen LogP contribution >= 0.6 is 0 Å². The van der Waals surface area contributed by atoms with Crippen LogP contribution < -0.4 is 16.0 Å². The van der Waals surface area contributed by atoms with Gasteiger partial charge in [-0.15, -0.1) is 0 Å². The SMILES string of the molecule is CCCC(N)=O.O=C(NCCCc1ccccc1)c1ccc(N2CCN(C(=O)O)CC2)nc1. The highest BCUT2D eigenvalue weighted by Crippen LogP contribution is 2.14. The number of carboxylic acid groups (broad SMARTS) is 1. The van der Waals surface area contributed by atoms with Gasteiger partial charge in [0.15, 0.2) is 0 Å². The summed E-state index contributed by atoms with van der Waals surface area (Å²) in [5.74, 6) is 0.427. The van der Waals surface area contributed by atoms with E-state index in [0.717, 1.165) is 25.1 Å². The lowest BCUT2D eigenvalue weighted by molar-refractivity contribution is -0.118. The number of aromatic nitrogens is 1. The molecule has 2 aromatic rings. The minimum absolute atomic E-state index is 0.127. The van der Waals surface area contributed by atoms with E-state index in [1.807, 2.05) is 36.1 Å². The Balaban J connectivity index is 0.000000569. The maximum absolute atomic E-state index is 12.2. The predicted octanol–water partition coefficient (Wildman–Crippen LogP) is 2.52. The van der Waals surface area contributed by atoms with Crippen LogP contribution in [0.15, 0.2) is 48.7 Å². The number of pyridine rings is 1. The molecule has 0 saturated carbocycles. The first kappa shape index (κ1) is 25.6. The largest absolute Gasteiger partial charge is 0.465 e. The van der Waals surface area contributed by atoms with Crippen LogP contribution in [-0.2, 0) is 11.2 Å². The van der Waals surface area contributed by atoms with Crippen molar-refractivity contribution < 1.29 is 19.5 Å². The van der Waals surface area contributed by atoms with Gasteiger partial charge < -0.3 is 26.0 Å². The van der Waals surface area contributed by atoms with Crippen molar-refractivity contribution in [2.24, 2.45) is 5.73 Å². The molecular weight excluding hydrogens is 422 g/mol. The number of nitrogens with zero attached hydrogens (tertiary/aromatic N) is 3. The molecule has 0 radical (unpaired) electrons. The zero-order chi connectivity index (χ0) is 24.1. The van der Waals surface area contributed by atoms with Crippen molar-refractivity contribution in [1.29, 1.82) is 0 Å². The van der Waals surface area contributed by atoms with Crippen molar-refractivity contribution in [2.75, 3.05) is 37.6 Å². The fourth-order valence-electron chi connectivity index (χ4n) is 3.32. The van der Waals surface area contributed by atoms with E-state index < -0.39 is 6.09 Å². The summed E-state index contributed by atoms with van der Waals surface area (Å²) in [6.07, 6.45) is 3.87. The quantitative estimate of drug-likeness (QED) is 0.525. The predicted molar refractivity (Wildman–Crippen MR) is 127 cm³/mol. The second kappa shape index (κ2) is 13.7. The Bertz CT molecular complexity index is 881. The topological polar surface area (TPSA) is 129 Å². The Morgan fingerprint density at radius 3 is 2.27 bits per heavy atom. The standard InChI is InChI=1S/C20H24N4O3.C4H9NO/c25-19(21-10-4-7-16-5-2-1-3-6-16)17-8-9-18(22-15-17)23-11-13-24(14-12-23)20(26)27;1-2-3-4(5)6/h1-3,5-6,8-9,15H,4,7,10-14H2,(H,21,25)(H,26,27);2-3H2,1H3,(H2,5,6). The molecule has 0 bridgehead atoms. The van der Waals surface area contributed by atoms with E-state index in [9.17, 15) is 14.4 Å². The first-order chi connectivity index (χ1) is 15.9. The van der Waals surface area contributed by atoms with Crippen LogP contribution in [0, 0.1) is 0 Å². The number of nitrogens with one attached hydrogen (secondary N) is 1. The normalized spacial score (nSPS) is 13.0. The molecule has 178 valence electrons. The number of aryl methyl sites for hydroxylation is 1. The van der Waals surface area contributed by atoms with Crippen molar-refractivity contribution in [2.45, 2.75) is 32.6 Å². The third-order valence-corrected chi connectivity index (χ3v) is 5.15. The molecule has 3 rings (SSSR count). The van der Waals surface area contributed by atoms with Gasteiger partial charge in [-0.05, 0) is 37.0 Å². The smallest absolute Gasteiger partial charge is 0.407 e. The number of piperazine rings is 1. The van der Waals surface area contributed by atoms with E-state index in [2.05, 4.69) is 22.4 Å². The molecule has 9 heteroatoms. The molecular formula is C24H33N5O4. The summed E-state index contributed by atoms with van der Waals surface area (Å²) in [5, 5.41) is 11.9. The van der Waals surface area contributed by atoms with Crippen molar-refractivity contribution in [3.8, 4) is 0 Å². The first-order valence-electron chi connectivity index (χ1n) is 11.2. The summed E-state index contributed by atoms with van der Waals surface area (Å²) >= 11 is 0. The van der Waals surface area contributed by atoms with Gasteiger partial charge in [0.05, 0.1) is 5.56 Å². The maximum Gasteiger partial charge on any atom is 0.407 e. The van der Waals surface area contributed by atoms with Gasteiger partial charge in [-0.1, -0.05) is 37.3 Å². The Kier molecular flexibility index (Phi) is 10.7. The van der Waals surface area contributed by atoms with E-state index >= 15 is 0 Å². The Hall–Kier alpha value is -3.62. The number of primary amides is 1. The number of amides is 3. The summed E-state index contributed by atoms with van der Waals surface area (Å²) in [7, 11) is 0. The molecule has 0 atom stereocenters. The van der Waals surface area contributed by atoms with Crippen molar-refractivity contribution in [3.63, 3.8) is 0 Å². The van der Waals surface area contributed by atoms with Crippen LogP contribution in [0.2, 0.25) is 0 Å². The molecule has 0 unspecified atom stereocenters. The van der Waals surface area contributed by atoms with E-state index in [1.165, 1.54) is 10.5 Å². The molecule has 3 amide bonds. The van der Waals surface area contributed by atoms with Crippen LogP contribution in [0.1, 0.15) is 42.1 Å². The van der Waals surface area contributed by atoms with Gasteiger partial charge >= 0.3 is 6.09 Å². The van der Waals surface area contributed by atoms with E-state index in [-0.39, 0.29) is 11.8 Å². The number of hydrogen-bond acceptors (Lipinski definition) is 5. The second-order valence-corrected chi connectivity index (χ2v) is 7.72.